The van der Waals surface area contributed by atoms with Crippen LogP contribution >= 0.6 is 11.6 Å². The molecule has 1 aromatic heterocycles. The number of pyridine rings is 1. The Bertz CT molecular complexity index is 659. The number of hydrogen-bond donors (Lipinski definition) is 2. The van der Waals surface area contributed by atoms with Gasteiger partial charge in [-0.15, -0.1) is 0 Å². The van der Waals surface area contributed by atoms with E-state index < -0.39 is 0 Å². The molecule has 4 rings (SSSR count). The van der Waals surface area contributed by atoms with Crippen molar-refractivity contribution in [2.45, 2.75) is 0 Å². The highest BCUT2D eigenvalue weighted by molar-refractivity contribution is 6.31. The largest absolute Gasteiger partial charge is 0.371 e. The molecule has 3 aliphatic rings. The number of nitrogens with zero attached hydrogens (tertiary/aromatic N) is 3. The number of allylic oxidation sites excluding steroid dienone is 3. The highest BCUT2D eigenvalue weighted by Crippen LogP contribution is 2.28. The van der Waals surface area contributed by atoms with Crippen LogP contribution in [-0.4, -0.2) is 42.6 Å². The number of rotatable bonds is 2. The van der Waals surface area contributed by atoms with E-state index in [4.69, 9.17) is 11.6 Å². The van der Waals surface area contributed by atoms with Gasteiger partial charge in [-0.2, -0.15) is 0 Å². The van der Waals surface area contributed by atoms with E-state index in [0.29, 0.717) is 5.92 Å². The first-order valence-electron chi connectivity index (χ1n) is 7.99. The van der Waals surface area contributed by atoms with Crippen molar-refractivity contribution in [2.24, 2.45) is 5.92 Å². The molecule has 2 bridgehead atoms. The third-order valence-electron chi connectivity index (χ3n) is 4.55. The molecule has 0 radical (unpaired) electrons. The molecule has 0 aromatic carbocycles. The maximum absolute atomic E-state index is 6.36. The Kier molecular flexibility index (Phi) is 3.97. The van der Waals surface area contributed by atoms with Gasteiger partial charge < -0.3 is 15.2 Å². The maximum Gasteiger partial charge on any atom is 0.0553 e. The summed E-state index contributed by atoms with van der Waals surface area (Å²) >= 11 is 6.36. The first kappa shape index (κ1) is 14.6. The van der Waals surface area contributed by atoms with Crippen LogP contribution in [0.3, 0.4) is 0 Å². The lowest BCUT2D eigenvalue weighted by Crippen LogP contribution is -2.48. The summed E-state index contributed by atoms with van der Waals surface area (Å²) in [6, 6.07) is 4.12. The number of fused-ring (bicyclic) bond motifs is 1. The third-order valence-corrected chi connectivity index (χ3v) is 4.77. The van der Waals surface area contributed by atoms with Crippen molar-refractivity contribution in [1.82, 2.24) is 20.7 Å². The fraction of sp³-hybridized carbons (Fsp3) is 0.353. The Balaban J connectivity index is 1.49. The molecule has 1 fully saturated rings. The van der Waals surface area contributed by atoms with Crippen LogP contribution in [0.2, 0.25) is 0 Å². The molecule has 0 spiro atoms. The van der Waals surface area contributed by atoms with E-state index in [0.717, 1.165) is 43.5 Å². The van der Waals surface area contributed by atoms with Crippen molar-refractivity contribution < 1.29 is 0 Å². The Labute approximate surface area is 141 Å². The van der Waals surface area contributed by atoms with Gasteiger partial charge in [0.1, 0.15) is 0 Å². The minimum absolute atomic E-state index is 0.365. The van der Waals surface area contributed by atoms with Crippen LogP contribution in [0.4, 0.5) is 5.69 Å². The van der Waals surface area contributed by atoms with Crippen LogP contribution in [0.1, 0.15) is 0 Å². The zero-order valence-electron chi connectivity index (χ0n) is 12.9. The smallest absolute Gasteiger partial charge is 0.0553 e. The molecule has 1 saturated heterocycles. The minimum Gasteiger partial charge on any atom is -0.371 e. The predicted molar refractivity (Wildman–Crippen MR) is 92.8 cm³/mol. The van der Waals surface area contributed by atoms with E-state index in [2.05, 4.69) is 43.9 Å². The summed E-state index contributed by atoms with van der Waals surface area (Å²) in [6.07, 6.45) is 10.1. The number of piperazine rings is 1. The normalized spacial score (nSPS) is 24.2. The van der Waals surface area contributed by atoms with Gasteiger partial charge in [-0.25, -0.2) is 5.43 Å². The zero-order chi connectivity index (χ0) is 15.6. The lowest BCUT2D eigenvalue weighted by atomic mass is 10.0. The summed E-state index contributed by atoms with van der Waals surface area (Å²) in [4.78, 5) is 9.07. The third kappa shape index (κ3) is 3.07. The highest BCUT2D eigenvalue weighted by atomic mass is 35.5. The van der Waals surface area contributed by atoms with Crippen LogP contribution in [0.15, 0.2) is 59.2 Å². The van der Waals surface area contributed by atoms with Crippen molar-refractivity contribution in [3.05, 3.63) is 59.2 Å². The Morgan fingerprint density at radius 3 is 2.74 bits per heavy atom. The second kappa shape index (κ2) is 6.26. The fourth-order valence-corrected chi connectivity index (χ4v) is 3.61. The molecular formula is C17H20ClN5. The van der Waals surface area contributed by atoms with Crippen LogP contribution in [0.25, 0.3) is 0 Å². The molecule has 0 saturated carbocycles. The quantitative estimate of drug-likeness (QED) is 0.866. The van der Waals surface area contributed by atoms with Crippen molar-refractivity contribution in [3.63, 3.8) is 0 Å². The highest BCUT2D eigenvalue weighted by Gasteiger charge is 2.26. The zero-order valence-corrected chi connectivity index (χ0v) is 13.6. The maximum atomic E-state index is 6.36. The van der Waals surface area contributed by atoms with E-state index in [1.165, 1.54) is 11.4 Å². The molecule has 3 heterocycles. The summed E-state index contributed by atoms with van der Waals surface area (Å²) in [7, 11) is 0. The van der Waals surface area contributed by atoms with E-state index in [1.54, 1.807) is 0 Å². The number of hydrogen-bond acceptors (Lipinski definition) is 5. The molecule has 5 nitrogen and oxygen atoms in total. The summed E-state index contributed by atoms with van der Waals surface area (Å²) in [5.41, 5.74) is 9.95. The number of nitrogens with one attached hydrogen (secondary N) is 2. The average Bonchev–Trinajstić information content (AvgIpc) is 2.71. The second-order valence-electron chi connectivity index (χ2n) is 6.02. The molecule has 1 aliphatic carbocycles. The van der Waals surface area contributed by atoms with Crippen LogP contribution < -0.4 is 15.8 Å². The number of hydrazine groups is 1. The molecular weight excluding hydrogens is 310 g/mol. The predicted octanol–water partition coefficient (Wildman–Crippen LogP) is 1.83. The van der Waals surface area contributed by atoms with E-state index in [1.807, 2.05) is 24.5 Å². The molecule has 1 atom stereocenters. The number of anilines is 1. The Hall–Kier alpha value is -1.98. The molecule has 23 heavy (non-hydrogen) atoms. The van der Waals surface area contributed by atoms with Gasteiger partial charge in [-0.05, 0) is 30.4 Å². The summed E-state index contributed by atoms with van der Waals surface area (Å²) in [5.74, 6) is 0.365. The number of aromatic nitrogens is 1. The molecule has 2 aliphatic heterocycles. The first-order valence-corrected chi connectivity index (χ1v) is 8.37. The van der Waals surface area contributed by atoms with Gasteiger partial charge >= 0.3 is 0 Å². The SMILES string of the molecule is ClC1=CC2=CC(CNN2)C(N2CCN(c3cccnc3)CC2)=C1. The van der Waals surface area contributed by atoms with Gasteiger partial charge in [0.15, 0.2) is 0 Å². The van der Waals surface area contributed by atoms with Gasteiger partial charge in [-0.1, -0.05) is 11.6 Å². The number of halogens is 1. The molecule has 1 unspecified atom stereocenters. The van der Waals surface area contributed by atoms with Gasteiger partial charge in [0.25, 0.3) is 0 Å². The van der Waals surface area contributed by atoms with Gasteiger partial charge in [0, 0.05) is 61.3 Å². The van der Waals surface area contributed by atoms with Crippen LogP contribution in [0.5, 0.6) is 0 Å². The Morgan fingerprint density at radius 2 is 1.96 bits per heavy atom. The Morgan fingerprint density at radius 1 is 1.13 bits per heavy atom. The molecule has 1 aromatic rings. The first-order chi connectivity index (χ1) is 11.3. The van der Waals surface area contributed by atoms with Crippen molar-refractivity contribution in [1.29, 1.82) is 0 Å². The second-order valence-corrected chi connectivity index (χ2v) is 6.45. The van der Waals surface area contributed by atoms with Gasteiger partial charge in [-0.3, -0.25) is 4.98 Å². The van der Waals surface area contributed by atoms with Crippen LogP contribution in [-0.2, 0) is 0 Å². The summed E-state index contributed by atoms with van der Waals surface area (Å²) < 4.78 is 0. The topological polar surface area (TPSA) is 43.4 Å². The lowest BCUT2D eigenvalue weighted by molar-refractivity contribution is 0.289. The van der Waals surface area contributed by atoms with E-state index in [9.17, 15) is 0 Å². The summed E-state index contributed by atoms with van der Waals surface area (Å²) in [6.45, 7) is 4.88. The van der Waals surface area contributed by atoms with Crippen molar-refractivity contribution >= 4 is 17.3 Å². The molecule has 2 N–H and O–H groups in total. The molecule has 6 heteroatoms. The lowest BCUT2D eigenvalue weighted by Gasteiger charge is -2.40. The van der Waals surface area contributed by atoms with Gasteiger partial charge in [0.2, 0.25) is 0 Å². The van der Waals surface area contributed by atoms with E-state index in [-0.39, 0.29) is 0 Å². The van der Waals surface area contributed by atoms with Gasteiger partial charge in [0.05, 0.1) is 11.9 Å². The van der Waals surface area contributed by atoms with E-state index >= 15 is 0 Å². The fourth-order valence-electron chi connectivity index (χ4n) is 3.38. The average molecular weight is 330 g/mol. The van der Waals surface area contributed by atoms with Crippen LogP contribution in [0, 0.1) is 5.92 Å². The molecule has 120 valence electrons. The summed E-state index contributed by atoms with van der Waals surface area (Å²) in [5, 5.41) is 0.777. The molecule has 0 amide bonds. The minimum atomic E-state index is 0.365. The standard InChI is InChI=1S/C17H20ClN5/c18-14-9-15-8-13(11-20-21-15)17(10-14)23-6-4-22(5-7-23)16-2-1-3-19-12-16/h1-3,8-10,12-13,20-21H,4-7,11H2. The van der Waals surface area contributed by atoms with Crippen molar-refractivity contribution in [3.8, 4) is 0 Å². The monoisotopic (exact) mass is 329 g/mol. The van der Waals surface area contributed by atoms with Crippen molar-refractivity contribution in [2.75, 3.05) is 37.6 Å².